The molecule has 0 aliphatic rings. The lowest BCUT2D eigenvalue weighted by Crippen LogP contribution is -2.09. The van der Waals surface area contributed by atoms with Crippen LogP contribution < -0.4 is 5.32 Å². The number of carboxylic acids is 1. The summed E-state index contributed by atoms with van der Waals surface area (Å²) in [6.45, 7) is 0.839. The van der Waals surface area contributed by atoms with Crippen molar-refractivity contribution in [2.45, 2.75) is 19.3 Å². The second kappa shape index (κ2) is 7.24. The van der Waals surface area contributed by atoms with Crippen LogP contribution in [0.1, 0.15) is 29.6 Å². The maximum Gasteiger partial charge on any atom is 0.339 e. The van der Waals surface area contributed by atoms with Gasteiger partial charge in [-0.3, -0.25) is 0 Å². The molecule has 1 aromatic rings. The van der Waals surface area contributed by atoms with E-state index in [9.17, 15) is 4.79 Å². The van der Waals surface area contributed by atoms with Gasteiger partial charge in [-0.25, -0.2) is 9.78 Å². The number of aliphatic hydroxyl groups is 1. The minimum absolute atomic E-state index is 0.154. The van der Waals surface area contributed by atoms with Crippen molar-refractivity contribution in [3.63, 3.8) is 0 Å². The molecule has 0 atom stereocenters. The average molecular weight is 303 g/mol. The van der Waals surface area contributed by atoms with Crippen LogP contribution in [-0.2, 0) is 0 Å². The molecule has 0 aliphatic heterocycles. The Balaban J connectivity index is 2.55. The fourth-order valence-corrected chi connectivity index (χ4v) is 1.69. The fraction of sp³-hybridized carbons (Fsp3) is 0.455. The van der Waals surface area contributed by atoms with Crippen LogP contribution >= 0.6 is 15.9 Å². The molecule has 0 aliphatic carbocycles. The van der Waals surface area contributed by atoms with E-state index in [4.69, 9.17) is 10.2 Å². The van der Waals surface area contributed by atoms with Crippen molar-refractivity contribution < 1.29 is 15.0 Å². The monoisotopic (exact) mass is 302 g/mol. The van der Waals surface area contributed by atoms with E-state index in [1.54, 1.807) is 6.20 Å². The van der Waals surface area contributed by atoms with Gasteiger partial charge in [0.05, 0.1) is 0 Å². The van der Waals surface area contributed by atoms with Crippen LogP contribution in [0.15, 0.2) is 16.7 Å². The molecule has 17 heavy (non-hydrogen) atoms. The number of carbonyl (C=O) groups is 1. The number of nitrogens with zero attached hydrogens (tertiary/aromatic N) is 1. The zero-order chi connectivity index (χ0) is 12.7. The van der Waals surface area contributed by atoms with Gasteiger partial charge in [0.25, 0.3) is 0 Å². The van der Waals surface area contributed by atoms with Gasteiger partial charge in [-0.2, -0.15) is 0 Å². The van der Waals surface area contributed by atoms with Crippen molar-refractivity contribution in [3.05, 3.63) is 22.3 Å². The van der Waals surface area contributed by atoms with E-state index in [-0.39, 0.29) is 12.2 Å². The minimum Gasteiger partial charge on any atom is -0.478 e. The number of anilines is 1. The fourth-order valence-electron chi connectivity index (χ4n) is 1.36. The molecular formula is C11H15BrN2O3. The summed E-state index contributed by atoms with van der Waals surface area (Å²) in [7, 11) is 0. The number of aromatic nitrogens is 1. The van der Waals surface area contributed by atoms with Crippen molar-refractivity contribution in [2.24, 2.45) is 0 Å². The highest BCUT2D eigenvalue weighted by Gasteiger charge is 2.11. The van der Waals surface area contributed by atoms with Gasteiger partial charge < -0.3 is 15.5 Å². The van der Waals surface area contributed by atoms with Gasteiger partial charge in [-0.15, -0.1) is 0 Å². The number of nitrogens with one attached hydrogen (secondary N) is 1. The van der Waals surface area contributed by atoms with Crippen molar-refractivity contribution in [3.8, 4) is 0 Å². The Hall–Kier alpha value is -1.14. The van der Waals surface area contributed by atoms with Crippen LogP contribution in [0.25, 0.3) is 0 Å². The van der Waals surface area contributed by atoms with Crippen LogP contribution in [0.4, 0.5) is 5.82 Å². The van der Waals surface area contributed by atoms with E-state index < -0.39 is 5.97 Å². The SMILES string of the molecule is O=C(O)c1cc(Br)cnc1NCCCCCO. The summed E-state index contributed by atoms with van der Waals surface area (Å²) in [6.07, 6.45) is 4.10. The van der Waals surface area contributed by atoms with Crippen LogP contribution in [0, 0.1) is 0 Å². The van der Waals surface area contributed by atoms with E-state index in [1.807, 2.05) is 0 Å². The molecule has 0 saturated carbocycles. The molecule has 3 N–H and O–H groups in total. The number of halogens is 1. The van der Waals surface area contributed by atoms with E-state index in [1.165, 1.54) is 6.07 Å². The molecule has 0 aromatic carbocycles. The van der Waals surface area contributed by atoms with E-state index >= 15 is 0 Å². The number of aromatic carboxylic acids is 1. The first kappa shape index (κ1) is 13.9. The standard InChI is InChI=1S/C11H15BrN2O3/c12-8-6-9(11(16)17)10(14-7-8)13-4-2-1-3-5-15/h6-7,15H,1-5H2,(H,13,14)(H,16,17). The third-order valence-electron chi connectivity index (χ3n) is 2.21. The second-order valence-corrected chi connectivity index (χ2v) is 4.48. The van der Waals surface area contributed by atoms with E-state index in [0.29, 0.717) is 16.8 Å². The number of rotatable bonds is 7. The number of hydrogen-bond donors (Lipinski definition) is 3. The number of carboxylic acid groups (broad SMARTS) is 1. The molecule has 5 nitrogen and oxygen atoms in total. The second-order valence-electron chi connectivity index (χ2n) is 3.57. The van der Waals surface area contributed by atoms with Crippen molar-refractivity contribution in [1.29, 1.82) is 0 Å². The molecular weight excluding hydrogens is 288 g/mol. The van der Waals surface area contributed by atoms with Crippen molar-refractivity contribution in [2.75, 3.05) is 18.5 Å². The predicted molar refractivity (Wildman–Crippen MR) is 68.3 cm³/mol. The quantitative estimate of drug-likeness (QED) is 0.672. The smallest absolute Gasteiger partial charge is 0.339 e. The Morgan fingerprint density at radius 2 is 2.18 bits per heavy atom. The Morgan fingerprint density at radius 3 is 2.82 bits per heavy atom. The van der Waals surface area contributed by atoms with Crippen LogP contribution in [0.2, 0.25) is 0 Å². The van der Waals surface area contributed by atoms with Crippen LogP contribution in [-0.4, -0.2) is 34.3 Å². The lowest BCUT2D eigenvalue weighted by Gasteiger charge is -2.08. The average Bonchev–Trinajstić information content (AvgIpc) is 2.30. The number of aliphatic hydroxyl groups excluding tert-OH is 1. The first-order valence-electron chi connectivity index (χ1n) is 5.38. The first-order valence-corrected chi connectivity index (χ1v) is 6.18. The highest BCUT2D eigenvalue weighted by Crippen LogP contribution is 2.18. The van der Waals surface area contributed by atoms with Gasteiger partial charge >= 0.3 is 5.97 Å². The summed E-state index contributed by atoms with van der Waals surface area (Å²) >= 11 is 3.19. The summed E-state index contributed by atoms with van der Waals surface area (Å²) < 4.78 is 0.640. The highest BCUT2D eigenvalue weighted by molar-refractivity contribution is 9.10. The molecule has 0 bridgehead atoms. The van der Waals surface area contributed by atoms with Crippen LogP contribution in [0.5, 0.6) is 0 Å². The van der Waals surface area contributed by atoms with Gasteiger partial charge in [-0.1, -0.05) is 0 Å². The van der Waals surface area contributed by atoms with Gasteiger partial charge in [0, 0.05) is 23.8 Å². The zero-order valence-electron chi connectivity index (χ0n) is 9.32. The number of unbranched alkanes of at least 4 members (excludes halogenated alkanes) is 2. The lowest BCUT2D eigenvalue weighted by atomic mass is 10.2. The Morgan fingerprint density at radius 1 is 1.41 bits per heavy atom. The minimum atomic E-state index is -1.00. The summed E-state index contributed by atoms with van der Waals surface area (Å²) in [6, 6.07) is 1.52. The summed E-state index contributed by atoms with van der Waals surface area (Å²) in [5.74, 6) is -0.624. The largest absolute Gasteiger partial charge is 0.478 e. The molecule has 0 unspecified atom stereocenters. The summed E-state index contributed by atoms with van der Waals surface area (Å²) in [5.41, 5.74) is 0.154. The van der Waals surface area contributed by atoms with E-state index in [0.717, 1.165) is 19.3 Å². The molecule has 0 radical (unpaired) electrons. The van der Waals surface area contributed by atoms with Crippen LogP contribution in [0.3, 0.4) is 0 Å². The Bertz CT molecular complexity index is 385. The molecule has 1 rings (SSSR count). The van der Waals surface area contributed by atoms with Gasteiger partial charge in [0.15, 0.2) is 0 Å². The molecule has 0 amide bonds. The number of hydrogen-bond acceptors (Lipinski definition) is 4. The van der Waals surface area contributed by atoms with Gasteiger partial charge in [0.2, 0.25) is 0 Å². The normalized spacial score (nSPS) is 10.2. The molecule has 0 spiro atoms. The maximum absolute atomic E-state index is 11.0. The summed E-state index contributed by atoms with van der Waals surface area (Å²) in [5, 5.41) is 20.6. The number of pyridine rings is 1. The third-order valence-corrected chi connectivity index (χ3v) is 2.65. The first-order chi connectivity index (χ1) is 8.15. The zero-order valence-corrected chi connectivity index (χ0v) is 10.9. The molecule has 6 heteroatoms. The van der Waals surface area contributed by atoms with Crippen molar-refractivity contribution >= 4 is 27.7 Å². The Kier molecular flexibility index (Phi) is 5.93. The lowest BCUT2D eigenvalue weighted by molar-refractivity contribution is 0.0697. The maximum atomic E-state index is 11.0. The molecule has 0 saturated heterocycles. The van der Waals surface area contributed by atoms with Crippen molar-refractivity contribution in [1.82, 2.24) is 4.98 Å². The predicted octanol–water partition coefficient (Wildman–Crippen LogP) is 2.12. The highest BCUT2D eigenvalue weighted by atomic mass is 79.9. The summed E-state index contributed by atoms with van der Waals surface area (Å²) in [4.78, 5) is 15.0. The van der Waals surface area contributed by atoms with Gasteiger partial charge in [0.1, 0.15) is 11.4 Å². The molecule has 1 aromatic heterocycles. The molecule has 1 heterocycles. The molecule has 94 valence electrons. The van der Waals surface area contributed by atoms with E-state index in [2.05, 4.69) is 26.2 Å². The third kappa shape index (κ3) is 4.70. The Labute approximate surface area is 108 Å². The molecule has 0 fully saturated rings. The topological polar surface area (TPSA) is 82.5 Å². The van der Waals surface area contributed by atoms with Gasteiger partial charge in [-0.05, 0) is 41.3 Å².